The number of carbonyl (C=O) groups is 2. The molecule has 130 valence electrons. The molecule has 1 aromatic carbocycles. The average molecular weight is 330 g/mol. The van der Waals surface area contributed by atoms with Crippen LogP contribution in [0, 0.1) is 0 Å². The molecule has 6 heteroatoms. The van der Waals surface area contributed by atoms with Gasteiger partial charge in [-0.25, -0.2) is 0 Å². The molecule has 0 saturated heterocycles. The van der Waals surface area contributed by atoms with Crippen molar-refractivity contribution < 1.29 is 9.59 Å². The third-order valence-corrected chi connectivity index (χ3v) is 4.35. The van der Waals surface area contributed by atoms with Gasteiger partial charge in [-0.15, -0.1) is 0 Å². The molecule has 2 rings (SSSR count). The lowest BCUT2D eigenvalue weighted by Gasteiger charge is -2.21. The molecule has 0 aliphatic carbocycles. The van der Waals surface area contributed by atoms with Crippen LogP contribution in [0.3, 0.4) is 0 Å². The predicted molar refractivity (Wildman–Crippen MR) is 95.8 cm³/mol. The SMILES string of the molecule is CN[C@@H](CCC(N)=O)CN[C@@H](Cc1c[nH]c2ccccc12)C(C)=O. The molecule has 1 amide bonds. The second kappa shape index (κ2) is 8.61. The minimum absolute atomic E-state index is 0.0994. The van der Waals surface area contributed by atoms with Gasteiger partial charge in [0.05, 0.1) is 6.04 Å². The van der Waals surface area contributed by atoms with Crippen molar-refractivity contribution in [3.05, 3.63) is 36.0 Å². The van der Waals surface area contributed by atoms with Crippen LogP contribution in [0.4, 0.5) is 0 Å². The van der Waals surface area contributed by atoms with Crippen LogP contribution in [0.15, 0.2) is 30.5 Å². The van der Waals surface area contributed by atoms with Crippen molar-refractivity contribution in [1.82, 2.24) is 15.6 Å². The molecule has 1 heterocycles. The van der Waals surface area contributed by atoms with Gasteiger partial charge in [0.15, 0.2) is 0 Å². The zero-order valence-electron chi connectivity index (χ0n) is 14.3. The van der Waals surface area contributed by atoms with Crippen molar-refractivity contribution >= 4 is 22.6 Å². The first-order valence-corrected chi connectivity index (χ1v) is 8.25. The van der Waals surface area contributed by atoms with E-state index in [2.05, 4.69) is 21.7 Å². The molecular weight excluding hydrogens is 304 g/mol. The van der Waals surface area contributed by atoms with Crippen molar-refractivity contribution in [3.63, 3.8) is 0 Å². The number of H-pyrrole nitrogens is 1. The largest absolute Gasteiger partial charge is 0.370 e. The summed E-state index contributed by atoms with van der Waals surface area (Å²) < 4.78 is 0. The molecule has 2 atom stereocenters. The Kier molecular flexibility index (Phi) is 6.52. The maximum absolute atomic E-state index is 12.0. The zero-order chi connectivity index (χ0) is 17.5. The van der Waals surface area contributed by atoms with Gasteiger partial charge in [-0.2, -0.15) is 0 Å². The molecule has 0 bridgehead atoms. The van der Waals surface area contributed by atoms with Gasteiger partial charge in [0.1, 0.15) is 5.78 Å². The van der Waals surface area contributed by atoms with Crippen molar-refractivity contribution in [2.75, 3.05) is 13.6 Å². The fraction of sp³-hybridized carbons (Fsp3) is 0.444. The summed E-state index contributed by atoms with van der Waals surface area (Å²) in [7, 11) is 1.84. The molecule has 2 aromatic rings. The monoisotopic (exact) mass is 330 g/mol. The quantitative estimate of drug-likeness (QED) is 0.524. The standard InChI is InChI=1S/C18H26N4O2/c1-12(23)17(22-11-14(20-2)7-8-18(19)24)9-13-10-21-16-6-4-3-5-15(13)16/h3-6,10,14,17,20-22H,7-9,11H2,1-2H3,(H2,19,24)/t14-,17-/m0/s1. The number of carbonyl (C=O) groups excluding carboxylic acids is 2. The Morgan fingerprint density at radius 1 is 1.29 bits per heavy atom. The smallest absolute Gasteiger partial charge is 0.217 e. The number of hydrogen-bond acceptors (Lipinski definition) is 4. The van der Waals surface area contributed by atoms with Crippen molar-refractivity contribution in [2.45, 2.75) is 38.3 Å². The number of likely N-dealkylation sites (N-methyl/N-ethyl adjacent to an activating group) is 1. The Hall–Kier alpha value is -2.18. The molecule has 5 N–H and O–H groups in total. The highest BCUT2D eigenvalue weighted by Crippen LogP contribution is 2.19. The van der Waals surface area contributed by atoms with E-state index in [9.17, 15) is 9.59 Å². The number of aromatic amines is 1. The third-order valence-electron chi connectivity index (χ3n) is 4.35. The summed E-state index contributed by atoms with van der Waals surface area (Å²) in [4.78, 5) is 26.2. The number of para-hydroxylation sites is 1. The van der Waals surface area contributed by atoms with Crippen molar-refractivity contribution in [2.24, 2.45) is 5.73 Å². The number of nitrogens with one attached hydrogen (secondary N) is 3. The lowest BCUT2D eigenvalue weighted by molar-refractivity contribution is -0.119. The van der Waals surface area contributed by atoms with Crippen LogP contribution >= 0.6 is 0 Å². The van der Waals surface area contributed by atoms with Gasteiger partial charge < -0.3 is 21.4 Å². The fourth-order valence-corrected chi connectivity index (χ4v) is 2.83. The summed E-state index contributed by atoms with van der Waals surface area (Å²) >= 11 is 0. The van der Waals surface area contributed by atoms with Crippen LogP contribution in [0.2, 0.25) is 0 Å². The van der Waals surface area contributed by atoms with Crippen LogP contribution in [0.25, 0.3) is 10.9 Å². The fourth-order valence-electron chi connectivity index (χ4n) is 2.83. The second-order valence-electron chi connectivity index (χ2n) is 6.13. The number of nitrogens with two attached hydrogens (primary N) is 1. The van der Waals surface area contributed by atoms with Crippen molar-refractivity contribution in [1.29, 1.82) is 0 Å². The summed E-state index contributed by atoms with van der Waals surface area (Å²) in [5.74, 6) is -0.206. The Morgan fingerprint density at radius 2 is 2.04 bits per heavy atom. The number of aromatic nitrogens is 1. The second-order valence-corrected chi connectivity index (χ2v) is 6.13. The first-order chi connectivity index (χ1) is 11.5. The first-order valence-electron chi connectivity index (χ1n) is 8.25. The number of hydrogen-bond donors (Lipinski definition) is 4. The topological polar surface area (TPSA) is 100 Å². The molecule has 0 fully saturated rings. The third kappa shape index (κ3) is 4.91. The van der Waals surface area contributed by atoms with Crippen LogP contribution < -0.4 is 16.4 Å². The summed E-state index contributed by atoms with van der Waals surface area (Å²) in [6.45, 7) is 2.21. The average Bonchev–Trinajstić information content (AvgIpc) is 2.96. The number of amides is 1. The molecule has 0 unspecified atom stereocenters. The molecule has 0 spiro atoms. The van der Waals surface area contributed by atoms with E-state index in [1.165, 1.54) is 0 Å². The van der Waals surface area contributed by atoms with E-state index in [-0.39, 0.29) is 23.8 Å². The summed E-state index contributed by atoms with van der Waals surface area (Å²) in [6, 6.07) is 7.91. The summed E-state index contributed by atoms with van der Waals surface area (Å²) in [5, 5.41) is 7.61. The van der Waals surface area contributed by atoms with E-state index in [1.54, 1.807) is 6.92 Å². The van der Waals surface area contributed by atoms with Gasteiger partial charge in [-0.3, -0.25) is 9.59 Å². The van der Waals surface area contributed by atoms with Crippen LogP contribution in [0.1, 0.15) is 25.3 Å². The van der Waals surface area contributed by atoms with E-state index in [4.69, 9.17) is 5.73 Å². The van der Waals surface area contributed by atoms with E-state index < -0.39 is 0 Å². The minimum Gasteiger partial charge on any atom is -0.370 e. The number of Topliss-reactive ketones (excluding diaryl/α,β-unsaturated/α-hetero) is 1. The zero-order valence-corrected chi connectivity index (χ0v) is 14.3. The molecule has 0 aliphatic heterocycles. The Balaban J connectivity index is 1.99. The van der Waals surface area contributed by atoms with Crippen molar-refractivity contribution in [3.8, 4) is 0 Å². The normalized spacial score (nSPS) is 13.8. The highest BCUT2D eigenvalue weighted by molar-refractivity contribution is 5.86. The Labute approximate surface area is 142 Å². The van der Waals surface area contributed by atoms with E-state index in [0.29, 0.717) is 25.8 Å². The number of fused-ring (bicyclic) bond motifs is 1. The molecular formula is C18H26N4O2. The summed E-state index contributed by atoms with van der Waals surface area (Å²) in [6.07, 6.45) is 3.58. The molecule has 6 nitrogen and oxygen atoms in total. The van der Waals surface area contributed by atoms with E-state index in [0.717, 1.165) is 16.5 Å². The van der Waals surface area contributed by atoms with E-state index in [1.807, 2.05) is 31.4 Å². The number of primary amides is 1. The van der Waals surface area contributed by atoms with Gasteiger partial charge in [0.25, 0.3) is 0 Å². The van der Waals surface area contributed by atoms with Crippen LogP contribution in [-0.2, 0) is 16.0 Å². The maximum atomic E-state index is 12.0. The lowest BCUT2D eigenvalue weighted by atomic mass is 10.0. The van der Waals surface area contributed by atoms with E-state index >= 15 is 0 Å². The molecule has 24 heavy (non-hydrogen) atoms. The maximum Gasteiger partial charge on any atom is 0.217 e. The first kappa shape index (κ1) is 18.2. The van der Waals surface area contributed by atoms with Gasteiger partial charge in [-0.1, -0.05) is 18.2 Å². The molecule has 0 saturated carbocycles. The molecule has 0 radical (unpaired) electrons. The Morgan fingerprint density at radius 3 is 2.71 bits per heavy atom. The summed E-state index contributed by atoms with van der Waals surface area (Å²) in [5.41, 5.74) is 7.39. The Bertz CT molecular complexity index is 695. The number of ketones is 1. The minimum atomic E-state index is -0.308. The van der Waals surface area contributed by atoms with Gasteiger partial charge in [-0.05, 0) is 38.4 Å². The highest BCUT2D eigenvalue weighted by atomic mass is 16.1. The van der Waals surface area contributed by atoms with Crippen LogP contribution in [-0.4, -0.2) is 42.4 Å². The van der Waals surface area contributed by atoms with Gasteiger partial charge in [0.2, 0.25) is 5.91 Å². The van der Waals surface area contributed by atoms with Gasteiger partial charge in [0, 0.05) is 36.1 Å². The molecule has 1 aromatic heterocycles. The number of rotatable bonds is 10. The predicted octanol–water partition coefficient (Wildman–Crippen LogP) is 1.11. The highest BCUT2D eigenvalue weighted by Gasteiger charge is 2.18. The lowest BCUT2D eigenvalue weighted by Crippen LogP contribution is -2.45. The van der Waals surface area contributed by atoms with Crippen LogP contribution in [0.5, 0.6) is 0 Å². The van der Waals surface area contributed by atoms with Gasteiger partial charge >= 0.3 is 0 Å². The molecule has 0 aliphatic rings. The number of benzene rings is 1.